The largest absolute Gasteiger partial charge is 0.480 e. The number of carbonyl (C=O) groups is 2. The highest BCUT2D eigenvalue weighted by Crippen LogP contribution is 2.12. The third kappa shape index (κ3) is 4.65. The maximum Gasteiger partial charge on any atom is 0.317 e. The maximum atomic E-state index is 11.6. The van der Waals surface area contributed by atoms with Gasteiger partial charge in [-0.05, 0) is 25.6 Å². The van der Waals surface area contributed by atoms with Crippen molar-refractivity contribution in [1.29, 1.82) is 0 Å². The van der Waals surface area contributed by atoms with Crippen LogP contribution in [0.3, 0.4) is 0 Å². The number of likely N-dealkylation sites (N-methyl/N-ethyl adjacent to an activating group) is 1. The Kier molecular flexibility index (Phi) is 4.66. The summed E-state index contributed by atoms with van der Waals surface area (Å²) in [4.78, 5) is 23.5. The van der Waals surface area contributed by atoms with Crippen molar-refractivity contribution < 1.29 is 14.7 Å². The molecule has 1 amide bonds. The summed E-state index contributed by atoms with van der Waals surface area (Å²) in [7, 11) is 1.59. The topological polar surface area (TPSA) is 69.6 Å². The molecule has 0 unspecified atom stereocenters. The van der Waals surface area contributed by atoms with E-state index in [2.05, 4.69) is 5.32 Å². The molecule has 1 aromatic carbocycles. The average molecular weight is 236 g/mol. The Hall–Kier alpha value is -1.88. The fraction of sp³-hybridized carbons (Fsp3) is 0.333. The van der Waals surface area contributed by atoms with Gasteiger partial charge in [-0.15, -0.1) is 0 Å². The fourth-order valence-electron chi connectivity index (χ4n) is 1.43. The quantitative estimate of drug-likeness (QED) is 0.798. The molecular weight excluding hydrogens is 220 g/mol. The standard InChI is InChI=1S/C12H16N2O3/c1-9-5-3-4-6-10(9)13-11(15)7-14(2)8-12(16)17/h3-6H,7-8H2,1-2H3,(H,13,15)(H,16,17). The van der Waals surface area contributed by atoms with Crippen LogP contribution in [0.2, 0.25) is 0 Å². The number of carboxylic acid groups (broad SMARTS) is 1. The number of nitrogens with zero attached hydrogens (tertiary/aromatic N) is 1. The van der Waals surface area contributed by atoms with E-state index in [-0.39, 0.29) is 19.0 Å². The summed E-state index contributed by atoms with van der Waals surface area (Å²) in [5.74, 6) is -1.17. The second kappa shape index (κ2) is 6.00. The van der Waals surface area contributed by atoms with E-state index in [4.69, 9.17) is 5.11 Å². The van der Waals surface area contributed by atoms with Crippen LogP contribution in [-0.4, -0.2) is 42.0 Å². The molecule has 1 aromatic rings. The van der Waals surface area contributed by atoms with Gasteiger partial charge in [0.05, 0.1) is 13.1 Å². The van der Waals surface area contributed by atoms with Gasteiger partial charge in [0.15, 0.2) is 0 Å². The van der Waals surface area contributed by atoms with Crippen LogP contribution in [0.1, 0.15) is 5.56 Å². The molecule has 0 saturated carbocycles. The minimum absolute atomic E-state index is 0.0562. The number of rotatable bonds is 5. The molecule has 5 heteroatoms. The van der Waals surface area contributed by atoms with Gasteiger partial charge in [-0.3, -0.25) is 14.5 Å². The highest BCUT2D eigenvalue weighted by Gasteiger charge is 2.10. The van der Waals surface area contributed by atoms with E-state index >= 15 is 0 Å². The van der Waals surface area contributed by atoms with Crippen LogP contribution >= 0.6 is 0 Å². The summed E-state index contributed by atoms with van der Waals surface area (Å²) in [6.45, 7) is 1.80. The molecule has 92 valence electrons. The van der Waals surface area contributed by atoms with E-state index in [0.29, 0.717) is 0 Å². The molecular formula is C12H16N2O3. The van der Waals surface area contributed by atoms with Gasteiger partial charge in [0.2, 0.25) is 5.91 Å². The van der Waals surface area contributed by atoms with Crippen molar-refractivity contribution in [3.8, 4) is 0 Å². The number of carboxylic acids is 1. The summed E-state index contributed by atoms with van der Waals surface area (Å²) in [6, 6.07) is 7.44. The highest BCUT2D eigenvalue weighted by molar-refractivity contribution is 5.93. The smallest absolute Gasteiger partial charge is 0.317 e. The number of carbonyl (C=O) groups excluding carboxylic acids is 1. The van der Waals surface area contributed by atoms with Crippen LogP contribution in [0.25, 0.3) is 0 Å². The third-order valence-corrected chi connectivity index (χ3v) is 2.24. The molecule has 0 radical (unpaired) electrons. The number of aliphatic carboxylic acids is 1. The number of nitrogens with one attached hydrogen (secondary N) is 1. The van der Waals surface area contributed by atoms with E-state index in [0.717, 1.165) is 11.3 Å². The van der Waals surface area contributed by atoms with Crippen LogP contribution in [-0.2, 0) is 9.59 Å². The monoisotopic (exact) mass is 236 g/mol. The molecule has 0 fully saturated rings. The molecule has 0 aliphatic carbocycles. The van der Waals surface area contributed by atoms with Gasteiger partial charge in [0, 0.05) is 5.69 Å². The second-order valence-electron chi connectivity index (χ2n) is 3.93. The number of para-hydroxylation sites is 1. The molecule has 0 aliphatic heterocycles. The maximum absolute atomic E-state index is 11.6. The zero-order valence-corrected chi connectivity index (χ0v) is 9.93. The summed E-state index contributed by atoms with van der Waals surface area (Å²) >= 11 is 0. The summed E-state index contributed by atoms with van der Waals surface area (Å²) in [5.41, 5.74) is 1.72. The Morgan fingerprint density at radius 3 is 2.53 bits per heavy atom. The molecule has 1 rings (SSSR count). The van der Waals surface area contributed by atoms with Gasteiger partial charge in [0.1, 0.15) is 0 Å². The van der Waals surface area contributed by atoms with E-state index in [9.17, 15) is 9.59 Å². The number of aryl methyl sites for hydroxylation is 1. The first kappa shape index (κ1) is 13.2. The van der Waals surface area contributed by atoms with E-state index in [1.54, 1.807) is 7.05 Å². The predicted molar refractivity (Wildman–Crippen MR) is 64.9 cm³/mol. The third-order valence-electron chi connectivity index (χ3n) is 2.24. The van der Waals surface area contributed by atoms with Gasteiger partial charge in [-0.1, -0.05) is 18.2 Å². The Bertz CT molecular complexity index is 418. The second-order valence-corrected chi connectivity index (χ2v) is 3.93. The molecule has 0 aromatic heterocycles. The Labute approximate surface area is 100 Å². The molecule has 2 N–H and O–H groups in total. The lowest BCUT2D eigenvalue weighted by atomic mass is 10.2. The van der Waals surface area contributed by atoms with Crippen LogP contribution in [0.4, 0.5) is 5.69 Å². The van der Waals surface area contributed by atoms with E-state index in [1.807, 2.05) is 31.2 Å². The molecule has 0 atom stereocenters. The van der Waals surface area contributed by atoms with Crippen LogP contribution in [0, 0.1) is 6.92 Å². The molecule has 0 heterocycles. The Morgan fingerprint density at radius 2 is 1.94 bits per heavy atom. The first-order valence-electron chi connectivity index (χ1n) is 5.25. The van der Waals surface area contributed by atoms with Crippen LogP contribution in [0.15, 0.2) is 24.3 Å². The number of amides is 1. The first-order chi connectivity index (χ1) is 7.99. The summed E-state index contributed by atoms with van der Waals surface area (Å²) in [5, 5.41) is 11.3. The molecule has 0 spiro atoms. The number of benzene rings is 1. The van der Waals surface area contributed by atoms with Crippen molar-refractivity contribution >= 4 is 17.6 Å². The van der Waals surface area contributed by atoms with Crippen molar-refractivity contribution in [1.82, 2.24) is 4.90 Å². The van der Waals surface area contributed by atoms with Crippen molar-refractivity contribution in [3.05, 3.63) is 29.8 Å². The van der Waals surface area contributed by atoms with Gasteiger partial charge < -0.3 is 10.4 Å². The minimum Gasteiger partial charge on any atom is -0.480 e. The first-order valence-corrected chi connectivity index (χ1v) is 5.25. The Morgan fingerprint density at radius 1 is 1.29 bits per heavy atom. The highest BCUT2D eigenvalue weighted by atomic mass is 16.4. The van der Waals surface area contributed by atoms with Crippen molar-refractivity contribution in [3.63, 3.8) is 0 Å². The fourth-order valence-corrected chi connectivity index (χ4v) is 1.43. The number of hydrogen-bond acceptors (Lipinski definition) is 3. The lowest BCUT2D eigenvalue weighted by Crippen LogP contribution is -2.33. The average Bonchev–Trinajstić information content (AvgIpc) is 2.19. The molecule has 0 saturated heterocycles. The summed E-state index contributed by atoms with van der Waals surface area (Å²) < 4.78 is 0. The van der Waals surface area contributed by atoms with Crippen LogP contribution < -0.4 is 5.32 Å². The Balaban J connectivity index is 2.50. The normalized spacial score (nSPS) is 10.3. The minimum atomic E-state index is -0.948. The molecule has 17 heavy (non-hydrogen) atoms. The number of hydrogen-bond donors (Lipinski definition) is 2. The van der Waals surface area contributed by atoms with E-state index in [1.165, 1.54) is 4.90 Å². The summed E-state index contributed by atoms with van der Waals surface area (Å²) in [6.07, 6.45) is 0. The van der Waals surface area contributed by atoms with Gasteiger partial charge in [-0.25, -0.2) is 0 Å². The lowest BCUT2D eigenvalue weighted by molar-refractivity contribution is -0.138. The van der Waals surface area contributed by atoms with Crippen LogP contribution in [0.5, 0.6) is 0 Å². The molecule has 0 bridgehead atoms. The zero-order valence-electron chi connectivity index (χ0n) is 9.93. The SMILES string of the molecule is Cc1ccccc1NC(=O)CN(C)CC(=O)O. The predicted octanol–water partition coefficient (Wildman–Crippen LogP) is 0.950. The van der Waals surface area contributed by atoms with Gasteiger partial charge in [0.25, 0.3) is 0 Å². The number of anilines is 1. The van der Waals surface area contributed by atoms with Gasteiger partial charge in [-0.2, -0.15) is 0 Å². The van der Waals surface area contributed by atoms with Crippen molar-refractivity contribution in [2.45, 2.75) is 6.92 Å². The van der Waals surface area contributed by atoms with E-state index < -0.39 is 5.97 Å². The lowest BCUT2D eigenvalue weighted by Gasteiger charge is -2.14. The van der Waals surface area contributed by atoms with Gasteiger partial charge >= 0.3 is 5.97 Å². The molecule has 0 aliphatic rings. The van der Waals surface area contributed by atoms with Crippen molar-refractivity contribution in [2.75, 3.05) is 25.5 Å². The zero-order chi connectivity index (χ0) is 12.8. The van der Waals surface area contributed by atoms with Crippen molar-refractivity contribution in [2.24, 2.45) is 0 Å². The molecule has 5 nitrogen and oxygen atoms in total.